The van der Waals surface area contributed by atoms with Crippen molar-refractivity contribution in [3.8, 4) is 0 Å². The monoisotopic (exact) mass is 175 g/mol. The molecule has 0 spiro atoms. The lowest BCUT2D eigenvalue weighted by Crippen LogP contribution is -1.95. The molecule has 0 bridgehead atoms. The van der Waals surface area contributed by atoms with Crippen LogP contribution in [0.1, 0.15) is 38.8 Å². The molecule has 1 radical (unpaired) electrons. The highest BCUT2D eigenvalue weighted by Crippen LogP contribution is 2.15. The Labute approximate surface area is 82.0 Å². The lowest BCUT2D eigenvalue weighted by molar-refractivity contribution is 0.647. The standard InChI is InChI=1S/C13H19/c1-10(2)9-12-5-7-13(8-6-12)11(3)4/h5-8,10H,9H2,1-4H3. The Morgan fingerprint density at radius 3 is 2.00 bits per heavy atom. The highest BCUT2D eigenvalue weighted by molar-refractivity contribution is 5.31. The molecule has 0 aromatic heterocycles. The molecule has 71 valence electrons. The largest absolute Gasteiger partial charge is 0.0625 e. The van der Waals surface area contributed by atoms with Crippen LogP contribution < -0.4 is 0 Å². The van der Waals surface area contributed by atoms with Crippen LogP contribution in [-0.4, -0.2) is 0 Å². The molecule has 13 heavy (non-hydrogen) atoms. The van der Waals surface area contributed by atoms with Gasteiger partial charge < -0.3 is 0 Å². The number of hydrogen-bond donors (Lipinski definition) is 0. The average Bonchev–Trinajstić information content (AvgIpc) is 2.04. The fourth-order valence-corrected chi connectivity index (χ4v) is 1.45. The van der Waals surface area contributed by atoms with Crippen molar-refractivity contribution in [2.75, 3.05) is 0 Å². The average molecular weight is 175 g/mol. The maximum Gasteiger partial charge on any atom is -0.00120 e. The summed E-state index contributed by atoms with van der Waals surface area (Å²) in [6.07, 6.45) is 1.18. The van der Waals surface area contributed by atoms with E-state index in [9.17, 15) is 0 Å². The lowest BCUT2D eigenvalue weighted by atomic mass is 9.98. The minimum absolute atomic E-state index is 0.748. The van der Waals surface area contributed by atoms with Gasteiger partial charge in [-0.15, -0.1) is 0 Å². The Balaban J connectivity index is 2.70. The molecule has 1 aromatic carbocycles. The van der Waals surface area contributed by atoms with Gasteiger partial charge >= 0.3 is 0 Å². The van der Waals surface area contributed by atoms with Gasteiger partial charge in [-0.1, -0.05) is 52.0 Å². The van der Waals surface area contributed by atoms with Crippen LogP contribution in [0, 0.1) is 11.8 Å². The molecule has 0 aliphatic carbocycles. The minimum atomic E-state index is 0.748. The Kier molecular flexibility index (Phi) is 3.53. The summed E-state index contributed by atoms with van der Waals surface area (Å²) in [6, 6.07) is 8.91. The first-order valence-electron chi connectivity index (χ1n) is 4.99. The second-order valence-electron chi connectivity index (χ2n) is 4.29. The minimum Gasteiger partial charge on any atom is -0.0625 e. The number of hydrogen-bond acceptors (Lipinski definition) is 0. The fraction of sp³-hybridized carbons (Fsp3) is 0.462. The first-order valence-corrected chi connectivity index (χ1v) is 4.99. The predicted octanol–water partition coefficient (Wildman–Crippen LogP) is 3.85. The van der Waals surface area contributed by atoms with E-state index in [4.69, 9.17) is 0 Å². The van der Waals surface area contributed by atoms with E-state index >= 15 is 0 Å². The molecule has 0 atom stereocenters. The first kappa shape index (κ1) is 10.3. The number of rotatable bonds is 3. The Bertz CT molecular complexity index is 241. The zero-order valence-corrected chi connectivity index (χ0v) is 9.09. The van der Waals surface area contributed by atoms with Crippen molar-refractivity contribution in [1.29, 1.82) is 0 Å². The van der Waals surface area contributed by atoms with Crippen molar-refractivity contribution < 1.29 is 0 Å². The second-order valence-corrected chi connectivity index (χ2v) is 4.29. The summed E-state index contributed by atoms with van der Waals surface area (Å²) in [5.41, 5.74) is 2.80. The van der Waals surface area contributed by atoms with Gasteiger partial charge in [-0.25, -0.2) is 0 Å². The zero-order chi connectivity index (χ0) is 9.84. The summed E-state index contributed by atoms with van der Waals surface area (Å²) in [7, 11) is 0. The van der Waals surface area contributed by atoms with E-state index in [0.29, 0.717) is 0 Å². The molecule has 0 saturated heterocycles. The molecule has 0 heterocycles. The van der Waals surface area contributed by atoms with Gasteiger partial charge in [0.25, 0.3) is 0 Å². The molecule has 0 aliphatic heterocycles. The third kappa shape index (κ3) is 3.22. The van der Waals surface area contributed by atoms with Gasteiger partial charge in [0.15, 0.2) is 0 Å². The van der Waals surface area contributed by atoms with Crippen molar-refractivity contribution >= 4 is 0 Å². The maximum absolute atomic E-state index is 2.26. The Morgan fingerprint density at radius 1 is 1.08 bits per heavy atom. The van der Waals surface area contributed by atoms with Gasteiger partial charge in [-0.2, -0.15) is 0 Å². The van der Waals surface area contributed by atoms with Gasteiger partial charge in [0, 0.05) is 0 Å². The van der Waals surface area contributed by atoms with Crippen molar-refractivity contribution in [3.05, 3.63) is 41.3 Å². The van der Waals surface area contributed by atoms with Gasteiger partial charge in [0.1, 0.15) is 0 Å². The summed E-state index contributed by atoms with van der Waals surface area (Å²) < 4.78 is 0. The van der Waals surface area contributed by atoms with Crippen molar-refractivity contribution in [2.45, 2.75) is 34.1 Å². The first-order chi connectivity index (χ1) is 6.09. The molecule has 0 fully saturated rings. The SMILES string of the molecule is C[C](C)c1ccc(CC(C)C)cc1. The fourth-order valence-electron chi connectivity index (χ4n) is 1.45. The van der Waals surface area contributed by atoms with Crippen LogP contribution in [0.2, 0.25) is 0 Å². The molecule has 0 unspecified atom stereocenters. The van der Waals surface area contributed by atoms with Crippen LogP contribution in [0.4, 0.5) is 0 Å². The van der Waals surface area contributed by atoms with Gasteiger partial charge in [0.2, 0.25) is 0 Å². The summed E-state index contributed by atoms with van der Waals surface area (Å²) in [5.74, 6) is 2.13. The van der Waals surface area contributed by atoms with E-state index in [-0.39, 0.29) is 0 Å². The summed E-state index contributed by atoms with van der Waals surface area (Å²) in [4.78, 5) is 0. The molecule has 0 nitrogen and oxygen atoms in total. The van der Waals surface area contributed by atoms with Gasteiger partial charge in [-0.3, -0.25) is 0 Å². The van der Waals surface area contributed by atoms with Crippen LogP contribution in [-0.2, 0) is 6.42 Å². The normalized spacial score (nSPS) is 11.2. The van der Waals surface area contributed by atoms with E-state index in [0.717, 1.165) is 5.92 Å². The molecule has 0 saturated carbocycles. The summed E-state index contributed by atoms with van der Waals surface area (Å²) >= 11 is 0. The Morgan fingerprint density at radius 2 is 1.62 bits per heavy atom. The van der Waals surface area contributed by atoms with Gasteiger partial charge in [-0.05, 0) is 29.4 Å². The smallest absolute Gasteiger partial charge is 0.00120 e. The van der Waals surface area contributed by atoms with Crippen molar-refractivity contribution in [2.24, 2.45) is 5.92 Å². The van der Waals surface area contributed by atoms with E-state index in [1.807, 2.05) is 0 Å². The highest BCUT2D eigenvalue weighted by atomic mass is 14.1. The molecule has 0 aliphatic rings. The maximum atomic E-state index is 2.26. The molecule has 0 amide bonds. The molecular weight excluding hydrogens is 156 g/mol. The van der Waals surface area contributed by atoms with Crippen LogP contribution in [0.3, 0.4) is 0 Å². The highest BCUT2D eigenvalue weighted by Gasteiger charge is 2.00. The molecule has 0 N–H and O–H groups in total. The van der Waals surface area contributed by atoms with E-state index < -0.39 is 0 Å². The molecule has 1 rings (SSSR count). The van der Waals surface area contributed by atoms with E-state index in [1.54, 1.807) is 0 Å². The summed E-state index contributed by atoms with van der Waals surface area (Å²) in [5, 5.41) is 0. The number of benzene rings is 1. The van der Waals surface area contributed by atoms with Crippen molar-refractivity contribution in [3.63, 3.8) is 0 Å². The van der Waals surface area contributed by atoms with Crippen LogP contribution in [0.15, 0.2) is 24.3 Å². The quantitative estimate of drug-likeness (QED) is 0.654. The second kappa shape index (κ2) is 4.45. The molecular formula is C13H19. The predicted molar refractivity (Wildman–Crippen MR) is 58.7 cm³/mol. The van der Waals surface area contributed by atoms with Crippen molar-refractivity contribution in [1.82, 2.24) is 0 Å². The third-order valence-electron chi connectivity index (χ3n) is 2.18. The molecule has 1 aromatic rings. The molecule has 0 heteroatoms. The zero-order valence-electron chi connectivity index (χ0n) is 9.09. The van der Waals surface area contributed by atoms with E-state index in [2.05, 4.69) is 52.0 Å². The lowest BCUT2D eigenvalue weighted by Gasteiger charge is -2.07. The van der Waals surface area contributed by atoms with Crippen LogP contribution in [0.5, 0.6) is 0 Å². The van der Waals surface area contributed by atoms with Gasteiger partial charge in [0.05, 0.1) is 0 Å². The topological polar surface area (TPSA) is 0 Å². The van der Waals surface area contributed by atoms with E-state index in [1.165, 1.54) is 23.5 Å². The van der Waals surface area contributed by atoms with Crippen LogP contribution in [0.25, 0.3) is 0 Å². The Hall–Kier alpha value is -0.780. The van der Waals surface area contributed by atoms with Crippen LogP contribution >= 0.6 is 0 Å². The third-order valence-corrected chi connectivity index (χ3v) is 2.18. The summed E-state index contributed by atoms with van der Waals surface area (Å²) in [6.45, 7) is 8.81.